The first-order valence-electron chi connectivity index (χ1n) is 8.62. The topological polar surface area (TPSA) is 74.6 Å². The Hall–Kier alpha value is -2.31. The molecule has 2 amide bonds. The highest BCUT2D eigenvalue weighted by atomic mass is 35.5. The second-order valence-corrected chi connectivity index (χ2v) is 6.12. The Morgan fingerprint density at radius 2 is 1.92 bits per heavy atom. The predicted molar refractivity (Wildman–Crippen MR) is 101 cm³/mol. The number of hydrogen-bond acceptors (Lipinski definition) is 4. The monoisotopic (exact) mass is 377 g/mol. The van der Waals surface area contributed by atoms with Gasteiger partial charge in [0.2, 0.25) is 5.91 Å². The molecule has 0 aliphatic carbocycles. The Bertz CT molecular complexity index is 683. The van der Waals surface area contributed by atoms with Crippen molar-refractivity contribution in [3.05, 3.63) is 60.1 Å². The van der Waals surface area contributed by atoms with Crippen molar-refractivity contribution < 1.29 is 14.0 Å². The van der Waals surface area contributed by atoms with Crippen molar-refractivity contribution in [2.45, 2.75) is 18.9 Å². The summed E-state index contributed by atoms with van der Waals surface area (Å²) in [5.41, 5.74) is 1.01. The average molecular weight is 378 g/mol. The molecule has 0 radical (unpaired) electrons. The lowest BCUT2D eigenvalue weighted by Crippen LogP contribution is -2.50. The van der Waals surface area contributed by atoms with Gasteiger partial charge in [0.05, 0.1) is 6.26 Å². The van der Waals surface area contributed by atoms with Crippen LogP contribution >= 0.6 is 12.4 Å². The Labute approximate surface area is 159 Å². The summed E-state index contributed by atoms with van der Waals surface area (Å²) < 4.78 is 5.14. The van der Waals surface area contributed by atoms with Gasteiger partial charge in [-0.25, -0.2) is 0 Å². The van der Waals surface area contributed by atoms with Gasteiger partial charge < -0.3 is 20.0 Å². The molecule has 1 aliphatic heterocycles. The van der Waals surface area contributed by atoms with E-state index in [0.29, 0.717) is 19.5 Å². The summed E-state index contributed by atoms with van der Waals surface area (Å²) >= 11 is 0. The van der Waals surface area contributed by atoms with E-state index >= 15 is 0 Å². The van der Waals surface area contributed by atoms with Gasteiger partial charge in [-0.3, -0.25) is 9.59 Å². The van der Waals surface area contributed by atoms with E-state index in [1.54, 1.807) is 12.1 Å². The van der Waals surface area contributed by atoms with E-state index in [0.717, 1.165) is 25.1 Å². The van der Waals surface area contributed by atoms with Crippen LogP contribution in [0.15, 0.2) is 53.1 Å². The number of nitrogens with one attached hydrogen (secondary N) is 2. The van der Waals surface area contributed by atoms with Gasteiger partial charge in [-0.05, 0) is 30.7 Å². The van der Waals surface area contributed by atoms with Crippen LogP contribution < -0.4 is 10.6 Å². The molecule has 1 atom stereocenters. The minimum absolute atomic E-state index is 0. The van der Waals surface area contributed by atoms with Gasteiger partial charge in [-0.2, -0.15) is 0 Å². The summed E-state index contributed by atoms with van der Waals surface area (Å²) in [6, 6.07) is 12.4. The number of hydrogen-bond donors (Lipinski definition) is 2. The molecule has 2 heterocycles. The van der Waals surface area contributed by atoms with Gasteiger partial charge in [-0.15, -0.1) is 12.4 Å². The average Bonchev–Trinajstić information content (AvgIpc) is 3.04. The maximum Gasteiger partial charge on any atom is 0.287 e. The molecule has 3 rings (SSSR count). The lowest BCUT2D eigenvalue weighted by molar-refractivity contribution is -0.133. The zero-order valence-electron chi connectivity index (χ0n) is 14.5. The lowest BCUT2D eigenvalue weighted by Gasteiger charge is -2.26. The van der Waals surface area contributed by atoms with Gasteiger partial charge >= 0.3 is 0 Å². The zero-order valence-corrected chi connectivity index (χ0v) is 15.3. The molecule has 1 saturated heterocycles. The number of carbonyl (C=O) groups is 2. The molecule has 6 nitrogen and oxygen atoms in total. The van der Waals surface area contributed by atoms with Crippen molar-refractivity contribution in [2.75, 3.05) is 26.2 Å². The van der Waals surface area contributed by atoms with E-state index in [4.69, 9.17) is 4.42 Å². The van der Waals surface area contributed by atoms with E-state index in [9.17, 15) is 9.59 Å². The van der Waals surface area contributed by atoms with Crippen molar-refractivity contribution in [2.24, 2.45) is 0 Å². The SMILES string of the molecule is Cl.O=C(NC(Cc1ccccc1)C(=O)N1CCCNCC1)c1ccco1. The fourth-order valence-corrected chi connectivity index (χ4v) is 2.97. The van der Waals surface area contributed by atoms with E-state index in [-0.39, 0.29) is 30.0 Å². The maximum absolute atomic E-state index is 13.0. The van der Waals surface area contributed by atoms with Crippen LogP contribution in [-0.4, -0.2) is 48.9 Å². The van der Waals surface area contributed by atoms with Crippen LogP contribution in [0.25, 0.3) is 0 Å². The lowest BCUT2D eigenvalue weighted by atomic mass is 10.0. The van der Waals surface area contributed by atoms with E-state index in [1.807, 2.05) is 35.2 Å². The van der Waals surface area contributed by atoms with Gasteiger partial charge in [0.1, 0.15) is 6.04 Å². The van der Waals surface area contributed by atoms with E-state index in [2.05, 4.69) is 10.6 Å². The summed E-state index contributed by atoms with van der Waals surface area (Å²) in [5.74, 6) is -0.205. The number of benzene rings is 1. The van der Waals surface area contributed by atoms with Gasteiger partial charge in [0.25, 0.3) is 5.91 Å². The summed E-state index contributed by atoms with van der Waals surface area (Å²) in [6.45, 7) is 3.04. The molecular weight excluding hydrogens is 354 g/mol. The standard InChI is InChI=1S/C19H23N3O3.ClH/c23-18(17-8-4-13-25-17)21-16(14-15-6-2-1-3-7-15)19(24)22-11-5-9-20-10-12-22;/h1-4,6-8,13,16,20H,5,9-12,14H2,(H,21,23);1H. The van der Waals surface area contributed by atoms with Crippen molar-refractivity contribution in [1.29, 1.82) is 0 Å². The molecule has 1 aliphatic rings. The second-order valence-electron chi connectivity index (χ2n) is 6.12. The molecule has 2 aromatic rings. The third-order valence-electron chi connectivity index (χ3n) is 4.28. The third-order valence-corrected chi connectivity index (χ3v) is 4.28. The molecule has 0 spiro atoms. The van der Waals surface area contributed by atoms with Crippen LogP contribution in [0.1, 0.15) is 22.5 Å². The minimum Gasteiger partial charge on any atom is -0.459 e. The van der Waals surface area contributed by atoms with Crippen LogP contribution in [0.3, 0.4) is 0 Å². The molecule has 0 bridgehead atoms. The summed E-state index contributed by atoms with van der Waals surface area (Å²) in [5, 5.41) is 6.13. The molecule has 1 aromatic heterocycles. The highest BCUT2D eigenvalue weighted by Gasteiger charge is 2.27. The third kappa shape index (κ3) is 5.34. The first-order valence-corrected chi connectivity index (χ1v) is 8.62. The van der Waals surface area contributed by atoms with Crippen molar-refractivity contribution in [1.82, 2.24) is 15.5 Å². The number of nitrogens with zero attached hydrogens (tertiary/aromatic N) is 1. The molecule has 0 saturated carbocycles. The first kappa shape index (κ1) is 20.0. The quantitative estimate of drug-likeness (QED) is 0.834. The minimum atomic E-state index is -0.613. The van der Waals surface area contributed by atoms with Crippen LogP contribution in [0.2, 0.25) is 0 Å². The van der Waals surface area contributed by atoms with Crippen LogP contribution in [0.5, 0.6) is 0 Å². The summed E-state index contributed by atoms with van der Waals surface area (Å²) in [7, 11) is 0. The Balaban J connectivity index is 0.00000243. The maximum atomic E-state index is 13.0. The molecule has 7 heteroatoms. The highest BCUT2D eigenvalue weighted by Crippen LogP contribution is 2.09. The molecule has 2 N–H and O–H groups in total. The first-order chi connectivity index (χ1) is 12.2. The predicted octanol–water partition coefficient (Wildman–Crippen LogP) is 1.86. The second kappa shape index (κ2) is 9.99. The van der Waals surface area contributed by atoms with E-state index < -0.39 is 6.04 Å². The summed E-state index contributed by atoms with van der Waals surface area (Å²) in [4.78, 5) is 27.2. The van der Waals surface area contributed by atoms with Crippen LogP contribution in [0, 0.1) is 0 Å². The van der Waals surface area contributed by atoms with Crippen LogP contribution in [-0.2, 0) is 11.2 Å². The Morgan fingerprint density at radius 1 is 1.12 bits per heavy atom. The molecule has 1 aromatic carbocycles. The Morgan fingerprint density at radius 3 is 2.65 bits per heavy atom. The molecule has 1 unspecified atom stereocenters. The molecule has 1 fully saturated rings. The van der Waals surface area contributed by atoms with Crippen molar-refractivity contribution in [3.63, 3.8) is 0 Å². The molecular formula is C19H24ClN3O3. The van der Waals surface area contributed by atoms with E-state index in [1.165, 1.54) is 6.26 Å². The van der Waals surface area contributed by atoms with Crippen LogP contribution in [0.4, 0.5) is 0 Å². The highest BCUT2D eigenvalue weighted by molar-refractivity contribution is 5.95. The van der Waals surface area contributed by atoms with Crippen molar-refractivity contribution >= 4 is 24.2 Å². The van der Waals surface area contributed by atoms with Crippen molar-refractivity contribution in [3.8, 4) is 0 Å². The number of halogens is 1. The van der Waals surface area contributed by atoms with Gasteiger partial charge in [0, 0.05) is 26.1 Å². The number of carbonyl (C=O) groups excluding carboxylic acids is 2. The van der Waals surface area contributed by atoms with Gasteiger partial charge in [0.15, 0.2) is 5.76 Å². The molecule has 140 valence electrons. The smallest absolute Gasteiger partial charge is 0.287 e. The largest absolute Gasteiger partial charge is 0.459 e. The van der Waals surface area contributed by atoms with Gasteiger partial charge in [-0.1, -0.05) is 30.3 Å². The fourth-order valence-electron chi connectivity index (χ4n) is 2.97. The number of furan rings is 1. The zero-order chi connectivity index (χ0) is 17.5. The number of amides is 2. The number of rotatable bonds is 5. The normalized spacial score (nSPS) is 15.5. The molecule has 26 heavy (non-hydrogen) atoms. The summed E-state index contributed by atoms with van der Waals surface area (Å²) in [6.07, 6.45) is 2.81. The Kier molecular flexibility index (Phi) is 7.69. The fraction of sp³-hybridized carbons (Fsp3) is 0.368.